The molecular formula is C35H42BNO7. The second-order valence-corrected chi connectivity index (χ2v) is 12.2. The summed E-state index contributed by atoms with van der Waals surface area (Å²) in [6.45, 7) is 2.41. The number of nitrogens with zero attached hydrogens (tertiary/aromatic N) is 1. The molecule has 1 aliphatic carbocycles. The number of imide groups is 1. The Bertz CT molecular complexity index is 1420. The molecule has 232 valence electrons. The molecule has 3 aliphatic rings. The van der Waals surface area contributed by atoms with Crippen molar-refractivity contribution in [3.05, 3.63) is 76.9 Å². The van der Waals surface area contributed by atoms with Crippen LogP contribution in [0.3, 0.4) is 0 Å². The van der Waals surface area contributed by atoms with Gasteiger partial charge in [0, 0.05) is 18.5 Å². The van der Waals surface area contributed by atoms with E-state index in [0.29, 0.717) is 45.1 Å². The highest BCUT2D eigenvalue weighted by molar-refractivity contribution is 6.43. The molecule has 0 aromatic heterocycles. The van der Waals surface area contributed by atoms with Gasteiger partial charge in [0.2, 0.25) is 11.8 Å². The summed E-state index contributed by atoms with van der Waals surface area (Å²) in [6, 6.07) is 17.2. The van der Waals surface area contributed by atoms with E-state index >= 15 is 0 Å². The lowest BCUT2D eigenvalue weighted by atomic mass is 9.58. The Morgan fingerprint density at radius 1 is 1.00 bits per heavy atom. The monoisotopic (exact) mass is 599 g/mol. The third-order valence-corrected chi connectivity index (χ3v) is 9.31. The van der Waals surface area contributed by atoms with Crippen molar-refractivity contribution in [1.82, 2.24) is 4.90 Å². The molecule has 0 saturated carbocycles. The smallest absolute Gasteiger partial charge is 0.455 e. The van der Waals surface area contributed by atoms with Crippen LogP contribution in [0.25, 0.3) is 11.6 Å². The van der Waals surface area contributed by atoms with Crippen LogP contribution in [0.2, 0.25) is 6.32 Å². The van der Waals surface area contributed by atoms with Crippen LogP contribution in [0, 0.1) is 17.8 Å². The number of carbonyl (C=O) groups is 3. The number of carbonyl (C=O) groups excluding carboxylic acids is 2. The number of allylic oxidation sites excluding steroid dienone is 2. The number of phenols is 1. The van der Waals surface area contributed by atoms with Gasteiger partial charge in [-0.1, -0.05) is 73.9 Å². The molecule has 2 fully saturated rings. The molecule has 44 heavy (non-hydrogen) atoms. The van der Waals surface area contributed by atoms with Gasteiger partial charge in [0.25, 0.3) is 0 Å². The number of para-hydroxylation sites is 1. The zero-order valence-corrected chi connectivity index (χ0v) is 25.4. The van der Waals surface area contributed by atoms with Crippen molar-refractivity contribution < 1.29 is 34.3 Å². The number of unbranched alkanes of at least 4 members (excludes halogenated alkanes) is 2. The Hall–Kier alpha value is -3.69. The van der Waals surface area contributed by atoms with E-state index in [0.717, 1.165) is 35.1 Å². The largest absolute Gasteiger partial charge is 0.507 e. The number of amides is 2. The van der Waals surface area contributed by atoms with Crippen LogP contribution < -0.4 is 0 Å². The average Bonchev–Trinajstić information content (AvgIpc) is 3.24. The van der Waals surface area contributed by atoms with E-state index < -0.39 is 31.0 Å². The lowest BCUT2D eigenvalue weighted by Crippen LogP contribution is -2.46. The fourth-order valence-electron chi connectivity index (χ4n) is 7.35. The predicted molar refractivity (Wildman–Crippen MR) is 169 cm³/mol. The number of aromatic hydroxyl groups is 1. The highest BCUT2D eigenvalue weighted by Gasteiger charge is 2.56. The number of likely N-dealkylation sites (tertiary alicyclic amines) is 1. The molecule has 2 aromatic rings. The van der Waals surface area contributed by atoms with Gasteiger partial charge in [0.15, 0.2) is 0 Å². The predicted octanol–water partition coefficient (Wildman–Crippen LogP) is 5.96. The summed E-state index contributed by atoms with van der Waals surface area (Å²) in [5.74, 6) is -2.16. The lowest BCUT2D eigenvalue weighted by molar-refractivity contribution is -0.141. The molecule has 2 aliphatic heterocycles. The molecule has 2 amide bonds. The second-order valence-electron chi connectivity index (χ2n) is 12.2. The molecule has 0 unspecified atom stereocenters. The molecule has 0 spiro atoms. The van der Waals surface area contributed by atoms with Crippen molar-refractivity contribution in [2.45, 2.75) is 77.1 Å². The van der Waals surface area contributed by atoms with E-state index in [1.807, 2.05) is 48.5 Å². The molecule has 2 aromatic carbocycles. The maximum Gasteiger partial charge on any atom is 0.455 e. The normalized spacial score (nSPS) is 23.6. The number of phenolic OH excluding ortho intramolecular Hbond substituents is 1. The number of carboxylic acid groups (broad SMARTS) is 1. The molecule has 9 heteroatoms. The van der Waals surface area contributed by atoms with Crippen LogP contribution in [-0.4, -0.2) is 57.7 Å². The summed E-state index contributed by atoms with van der Waals surface area (Å²) in [5.41, 5.74) is 5.03. The summed E-state index contributed by atoms with van der Waals surface area (Å²) in [7, 11) is -1.04. The minimum absolute atomic E-state index is 0.0792. The van der Waals surface area contributed by atoms with Crippen LogP contribution in [0.15, 0.2) is 65.7 Å². The van der Waals surface area contributed by atoms with Gasteiger partial charge >= 0.3 is 13.1 Å². The first-order chi connectivity index (χ1) is 21.3. The van der Waals surface area contributed by atoms with Gasteiger partial charge in [-0.25, -0.2) is 0 Å². The van der Waals surface area contributed by atoms with Crippen molar-refractivity contribution in [1.29, 1.82) is 0 Å². The topological polar surface area (TPSA) is 124 Å². The Kier molecular flexibility index (Phi) is 10.4. The lowest BCUT2D eigenvalue weighted by Gasteiger charge is -2.43. The summed E-state index contributed by atoms with van der Waals surface area (Å²) in [5, 5.41) is 30.3. The zero-order chi connectivity index (χ0) is 31.2. The average molecular weight is 600 g/mol. The Morgan fingerprint density at radius 2 is 1.75 bits per heavy atom. The van der Waals surface area contributed by atoms with Gasteiger partial charge in [-0.3, -0.25) is 19.3 Å². The molecule has 2 heterocycles. The maximum atomic E-state index is 13.8. The molecule has 3 N–H and O–H groups in total. The number of benzene rings is 2. The minimum Gasteiger partial charge on any atom is -0.507 e. The van der Waals surface area contributed by atoms with Gasteiger partial charge in [-0.05, 0) is 79.6 Å². The SMILES string of the molecule is CCCC1=C2[C@@H](CC/C(=C/c3ccccc3O)c3ccccc3)OB(O)C[C@@H]2[C@@H]2C(=O)N(CCCCCC(=O)O)C(=O)[C@@H]2C1. The quantitative estimate of drug-likeness (QED) is 0.0854. The molecule has 2 saturated heterocycles. The van der Waals surface area contributed by atoms with Gasteiger partial charge < -0.3 is 19.9 Å². The van der Waals surface area contributed by atoms with Crippen LogP contribution in [-0.2, 0) is 19.0 Å². The van der Waals surface area contributed by atoms with Gasteiger partial charge in [-0.15, -0.1) is 0 Å². The van der Waals surface area contributed by atoms with Crippen LogP contribution in [0.4, 0.5) is 0 Å². The second kappa shape index (κ2) is 14.4. The number of hydrogen-bond donors (Lipinski definition) is 3. The number of fused-ring (bicyclic) bond motifs is 3. The molecule has 4 atom stereocenters. The number of rotatable bonds is 13. The molecule has 5 rings (SSSR count). The first kappa shape index (κ1) is 31.7. The summed E-state index contributed by atoms with van der Waals surface area (Å²) in [6.07, 6.45) is 7.13. The van der Waals surface area contributed by atoms with Gasteiger partial charge in [-0.2, -0.15) is 0 Å². The molecule has 0 bridgehead atoms. The number of aliphatic carboxylic acids is 1. The van der Waals surface area contributed by atoms with Crippen LogP contribution in [0.1, 0.15) is 75.8 Å². The summed E-state index contributed by atoms with van der Waals surface area (Å²) >= 11 is 0. The fraction of sp³-hybridized carbons (Fsp3) is 0.457. The fourth-order valence-corrected chi connectivity index (χ4v) is 7.35. The third kappa shape index (κ3) is 7.00. The van der Waals surface area contributed by atoms with Crippen molar-refractivity contribution in [2.24, 2.45) is 17.8 Å². The first-order valence-electron chi connectivity index (χ1n) is 15.9. The maximum absolute atomic E-state index is 13.8. The van der Waals surface area contributed by atoms with E-state index in [9.17, 15) is 24.5 Å². The summed E-state index contributed by atoms with van der Waals surface area (Å²) in [4.78, 5) is 39.6. The van der Waals surface area contributed by atoms with Crippen molar-refractivity contribution >= 4 is 36.6 Å². The number of hydrogen-bond acceptors (Lipinski definition) is 6. The first-order valence-corrected chi connectivity index (χ1v) is 15.9. The molecular weight excluding hydrogens is 557 g/mol. The Morgan fingerprint density at radius 3 is 2.48 bits per heavy atom. The van der Waals surface area contributed by atoms with Crippen LogP contribution >= 0.6 is 0 Å². The van der Waals surface area contributed by atoms with E-state index in [1.54, 1.807) is 12.1 Å². The van der Waals surface area contributed by atoms with Crippen molar-refractivity contribution in [2.75, 3.05) is 6.54 Å². The van der Waals surface area contributed by atoms with E-state index in [2.05, 4.69) is 6.92 Å². The van der Waals surface area contributed by atoms with E-state index in [-0.39, 0.29) is 36.2 Å². The summed E-state index contributed by atoms with van der Waals surface area (Å²) < 4.78 is 6.20. The van der Waals surface area contributed by atoms with E-state index in [4.69, 9.17) is 9.76 Å². The van der Waals surface area contributed by atoms with Gasteiger partial charge in [0.05, 0.1) is 17.9 Å². The van der Waals surface area contributed by atoms with Crippen molar-refractivity contribution in [3.63, 3.8) is 0 Å². The van der Waals surface area contributed by atoms with Crippen molar-refractivity contribution in [3.8, 4) is 5.75 Å². The third-order valence-electron chi connectivity index (χ3n) is 9.31. The molecule has 0 radical (unpaired) electrons. The molecule has 8 nitrogen and oxygen atoms in total. The number of carboxylic acids is 1. The highest BCUT2D eigenvalue weighted by atomic mass is 16.5. The van der Waals surface area contributed by atoms with E-state index in [1.165, 1.54) is 10.5 Å². The Balaban J connectivity index is 1.39. The standard InChI is InChI=1S/C35H42BNO7/c1-2-11-26-21-27-33(35(42)37(34(27)41)19-10-4-7-16-31(39)40)28-22-36(43)44-30(32(26)28)18-17-24(23-12-5-3-6-13-23)20-25-14-8-9-15-29(25)38/h3,5-6,8-9,12-15,20,27-28,30,33,38,43H,2,4,7,10-11,16-19,21-22H2,1H3,(H,39,40)/b24-20-/t27-,28+,30-,33-/m1/s1. The Labute approximate surface area is 259 Å². The zero-order valence-electron chi connectivity index (χ0n) is 25.4. The highest BCUT2D eigenvalue weighted by Crippen LogP contribution is 2.51. The van der Waals surface area contributed by atoms with Crippen LogP contribution in [0.5, 0.6) is 5.75 Å². The van der Waals surface area contributed by atoms with Gasteiger partial charge in [0.1, 0.15) is 5.75 Å². The minimum atomic E-state index is -1.04.